The summed E-state index contributed by atoms with van der Waals surface area (Å²) in [4.78, 5) is 12.2. The molecule has 0 bridgehead atoms. The van der Waals surface area contributed by atoms with E-state index < -0.39 is 16.9 Å². The molecular formula is C12H10B2ClNO. The van der Waals surface area contributed by atoms with Gasteiger partial charge in [-0.05, 0) is 23.3 Å². The van der Waals surface area contributed by atoms with Crippen molar-refractivity contribution in [1.82, 2.24) is 0 Å². The lowest BCUT2D eigenvalue weighted by Crippen LogP contribution is -2.55. The van der Waals surface area contributed by atoms with Crippen LogP contribution >= 0.6 is 11.5 Å². The SMILES string of the molecule is [B]C12CC=CC(=O)C1(N)c1ccccc1B2Cl. The summed E-state index contributed by atoms with van der Waals surface area (Å²) in [6, 6.07) is 7.47. The van der Waals surface area contributed by atoms with Crippen LogP contribution in [0.1, 0.15) is 12.0 Å². The van der Waals surface area contributed by atoms with Crippen molar-refractivity contribution in [2.45, 2.75) is 17.2 Å². The Morgan fingerprint density at radius 3 is 2.88 bits per heavy atom. The summed E-state index contributed by atoms with van der Waals surface area (Å²) in [5.74, 6) is -0.165. The van der Waals surface area contributed by atoms with Crippen LogP contribution in [0.4, 0.5) is 0 Å². The van der Waals surface area contributed by atoms with Gasteiger partial charge in [0.2, 0.25) is 0 Å². The molecule has 2 unspecified atom stereocenters. The van der Waals surface area contributed by atoms with Gasteiger partial charge in [0, 0.05) is 0 Å². The summed E-state index contributed by atoms with van der Waals surface area (Å²) < 4.78 is 0. The van der Waals surface area contributed by atoms with Crippen molar-refractivity contribution in [2.24, 2.45) is 5.73 Å². The molecular weight excluding hydrogens is 231 g/mol. The fraction of sp³-hybridized carbons (Fsp3) is 0.250. The van der Waals surface area contributed by atoms with Crippen molar-refractivity contribution in [3.05, 3.63) is 42.0 Å². The molecule has 2 nitrogen and oxygen atoms in total. The average Bonchev–Trinajstić information content (AvgIpc) is 2.51. The minimum absolute atomic E-state index is 0.165. The summed E-state index contributed by atoms with van der Waals surface area (Å²) >= 11 is 6.42. The van der Waals surface area contributed by atoms with E-state index in [0.29, 0.717) is 6.42 Å². The fourth-order valence-electron chi connectivity index (χ4n) is 2.92. The Balaban J connectivity index is 2.34. The topological polar surface area (TPSA) is 43.1 Å². The average molecular weight is 241 g/mol. The predicted molar refractivity (Wildman–Crippen MR) is 70.8 cm³/mol. The van der Waals surface area contributed by atoms with Crippen LogP contribution in [-0.4, -0.2) is 19.8 Å². The van der Waals surface area contributed by atoms with Gasteiger partial charge in [0.05, 0.1) is 13.4 Å². The third-order valence-corrected chi connectivity index (χ3v) is 4.58. The summed E-state index contributed by atoms with van der Waals surface area (Å²) in [5.41, 5.74) is 6.78. The van der Waals surface area contributed by atoms with Gasteiger partial charge in [-0.25, -0.2) is 0 Å². The molecule has 0 amide bonds. The highest BCUT2D eigenvalue weighted by molar-refractivity contribution is 7.19. The quantitative estimate of drug-likeness (QED) is 0.679. The third-order valence-electron chi connectivity index (χ3n) is 3.96. The van der Waals surface area contributed by atoms with Gasteiger partial charge in [0.15, 0.2) is 5.78 Å². The van der Waals surface area contributed by atoms with Crippen LogP contribution in [0, 0.1) is 0 Å². The molecule has 3 rings (SSSR count). The van der Waals surface area contributed by atoms with E-state index in [0.717, 1.165) is 11.0 Å². The number of fused-ring (bicyclic) bond motifs is 3. The standard InChI is InChI=1S/C12H10B2ClNO/c13-11-7-3-6-10(17)12(11,16)8-4-1-2-5-9(8)14(11)15/h1-6H,7,16H2. The first-order valence-electron chi connectivity index (χ1n) is 5.54. The first-order valence-corrected chi connectivity index (χ1v) is 5.97. The van der Waals surface area contributed by atoms with E-state index in [-0.39, 0.29) is 5.78 Å². The summed E-state index contributed by atoms with van der Waals surface area (Å²) in [6.45, 7) is 0. The smallest absolute Gasteiger partial charge is 0.284 e. The first kappa shape index (κ1) is 11.1. The third kappa shape index (κ3) is 1.10. The second-order valence-corrected chi connectivity index (χ2v) is 5.21. The highest BCUT2D eigenvalue weighted by Crippen LogP contribution is 2.54. The summed E-state index contributed by atoms with van der Waals surface area (Å²) in [6.07, 6.45) is 3.35. The van der Waals surface area contributed by atoms with Crippen molar-refractivity contribution in [3.63, 3.8) is 0 Å². The molecule has 1 aromatic carbocycles. The molecule has 5 heteroatoms. The number of ketones is 1. The molecule has 2 radical (unpaired) electrons. The minimum Gasteiger partial charge on any atom is -0.316 e. The van der Waals surface area contributed by atoms with Crippen molar-refractivity contribution in [1.29, 1.82) is 0 Å². The summed E-state index contributed by atoms with van der Waals surface area (Å²) in [7, 11) is 6.35. The minimum atomic E-state index is -1.19. The zero-order valence-electron chi connectivity index (χ0n) is 9.19. The van der Waals surface area contributed by atoms with Crippen molar-refractivity contribution < 1.29 is 4.79 Å². The molecule has 0 aromatic heterocycles. The number of carbonyl (C=O) groups is 1. The van der Waals surface area contributed by atoms with E-state index in [1.807, 2.05) is 24.3 Å². The van der Waals surface area contributed by atoms with Gasteiger partial charge < -0.3 is 5.73 Å². The lowest BCUT2D eigenvalue weighted by molar-refractivity contribution is -0.120. The van der Waals surface area contributed by atoms with Crippen molar-refractivity contribution in [2.75, 3.05) is 0 Å². The Morgan fingerprint density at radius 1 is 1.41 bits per heavy atom. The predicted octanol–water partition coefficient (Wildman–Crippen LogP) is 0.687. The fourth-order valence-corrected chi connectivity index (χ4v) is 3.38. The number of carbonyl (C=O) groups excluding carboxylic acids is 1. The van der Waals surface area contributed by atoms with Crippen LogP contribution in [0.25, 0.3) is 0 Å². The van der Waals surface area contributed by atoms with Crippen LogP contribution in [0.2, 0.25) is 5.21 Å². The van der Waals surface area contributed by atoms with Crippen LogP contribution in [0.3, 0.4) is 0 Å². The number of hydrogen-bond donors (Lipinski definition) is 1. The monoisotopic (exact) mass is 241 g/mol. The second-order valence-electron chi connectivity index (χ2n) is 4.77. The maximum atomic E-state index is 12.2. The Labute approximate surface area is 107 Å². The molecule has 0 saturated carbocycles. The summed E-state index contributed by atoms with van der Waals surface area (Å²) in [5, 5.41) is -0.927. The van der Waals surface area contributed by atoms with E-state index in [2.05, 4.69) is 0 Å². The zero-order chi connectivity index (χ0) is 12.3. The van der Waals surface area contributed by atoms with Gasteiger partial charge in [-0.15, -0.1) is 0 Å². The van der Waals surface area contributed by atoms with Gasteiger partial charge in [0.1, 0.15) is 0 Å². The Hall–Kier alpha value is -0.990. The number of rotatable bonds is 0. The molecule has 2 aliphatic rings. The highest BCUT2D eigenvalue weighted by atomic mass is 35.5. The maximum Gasteiger partial charge on any atom is 0.284 e. The van der Waals surface area contributed by atoms with Crippen LogP contribution in [0.15, 0.2) is 36.4 Å². The molecule has 17 heavy (non-hydrogen) atoms. The van der Waals surface area contributed by atoms with E-state index in [9.17, 15) is 4.79 Å². The Kier molecular flexibility index (Phi) is 2.14. The zero-order valence-corrected chi connectivity index (χ0v) is 9.95. The number of nitrogens with two attached hydrogens (primary N) is 1. The maximum absolute atomic E-state index is 12.2. The van der Waals surface area contributed by atoms with Gasteiger partial charge >= 0.3 is 0 Å². The molecule has 1 aromatic rings. The van der Waals surface area contributed by atoms with Crippen LogP contribution in [-0.2, 0) is 10.3 Å². The largest absolute Gasteiger partial charge is 0.316 e. The molecule has 0 spiro atoms. The molecule has 0 saturated heterocycles. The Bertz CT molecular complexity index is 547. The van der Waals surface area contributed by atoms with Gasteiger partial charge in [-0.2, -0.15) is 11.5 Å². The molecule has 82 valence electrons. The molecule has 0 fully saturated rings. The Morgan fingerprint density at radius 2 is 2.12 bits per heavy atom. The highest BCUT2D eigenvalue weighted by Gasteiger charge is 2.62. The molecule has 2 N–H and O–H groups in total. The van der Waals surface area contributed by atoms with Gasteiger partial charge in [0.25, 0.3) is 6.13 Å². The lowest BCUT2D eigenvalue weighted by atomic mass is 9.35. The number of benzene rings is 1. The van der Waals surface area contributed by atoms with E-state index >= 15 is 0 Å². The first-order chi connectivity index (χ1) is 8.02. The van der Waals surface area contributed by atoms with E-state index in [1.54, 1.807) is 6.08 Å². The van der Waals surface area contributed by atoms with Crippen molar-refractivity contribution >= 4 is 36.7 Å². The van der Waals surface area contributed by atoms with E-state index in [4.69, 9.17) is 25.0 Å². The molecule has 1 aliphatic carbocycles. The van der Waals surface area contributed by atoms with Gasteiger partial charge in [-0.3, -0.25) is 4.79 Å². The lowest BCUT2D eigenvalue weighted by Gasteiger charge is -2.43. The van der Waals surface area contributed by atoms with Crippen LogP contribution < -0.4 is 11.2 Å². The number of halogens is 1. The molecule has 2 atom stereocenters. The second kappa shape index (κ2) is 3.27. The van der Waals surface area contributed by atoms with Crippen LogP contribution in [0.5, 0.6) is 0 Å². The molecule has 1 aliphatic heterocycles. The van der Waals surface area contributed by atoms with Crippen molar-refractivity contribution in [3.8, 4) is 0 Å². The molecule has 1 heterocycles. The normalized spacial score (nSPS) is 34.7. The number of allylic oxidation sites excluding steroid dienone is 1. The van der Waals surface area contributed by atoms with Gasteiger partial charge in [-0.1, -0.05) is 35.8 Å². The van der Waals surface area contributed by atoms with E-state index in [1.165, 1.54) is 6.08 Å². The number of hydrogen-bond acceptors (Lipinski definition) is 2.